The van der Waals surface area contributed by atoms with Crippen LogP contribution in [-0.4, -0.2) is 63.7 Å². The smallest absolute Gasteiger partial charge is 0.300 e. The highest BCUT2D eigenvalue weighted by Crippen LogP contribution is 2.16. The predicted octanol–water partition coefficient (Wildman–Crippen LogP) is 3.41. The molecule has 9 heteroatoms. The normalized spacial score (nSPS) is 10.5. The van der Waals surface area contributed by atoms with Crippen molar-refractivity contribution < 1.29 is 23.8 Å². The standard InChI is InChI=1S/C22H21FN4O2.C2H4O2/c23-8-11-28-13-14-29-12-10-27-20-4-2-1-3-19(20)26-21(27)6-5-17-15-18-7-9-24-22(18)25-16-17;1-2(3)4/h1-4,7,9,15-16H,8,10-14H2,(H,24,25);1H3,(H,3,4). The Balaban J connectivity index is 0.000000709. The van der Waals surface area contributed by atoms with Gasteiger partial charge >= 0.3 is 0 Å². The summed E-state index contributed by atoms with van der Waals surface area (Å²) < 4.78 is 24.7. The van der Waals surface area contributed by atoms with E-state index in [-0.39, 0.29) is 6.61 Å². The summed E-state index contributed by atoms with van der Waals surface area (Å²) in [4.78, 5) is 21.1. The van der Waals surface area contributed by atoms with Crippen LogP contribution in [-0.2, 0) is 20.8 Å². The Bertz CT molecular complexity index is 1250. The number of aliphatic carboxylic acids is 1. The van der Waals surface area contributed by atoms with Crippen molar-refractivity contribution in [3.05, 3.63) is 60.2 Å². The van der Waals surface area contributed by atoms with Crippen molar-refractivity contribution in [1.29, 1.82) is 0 Å². The number of para-hydroxylation sites is 2. The average molecular weight is 452 g/mol. The number of nitrogens with zero attached hydrogens (tertiary/aromatic N) is 3. The molecule has 0 saturated heterocycles. The monoisotopic (exact) mass is 452 g/mol. The molecule has 0 aliphatic heterocycles. The number of pyridine rings is 1. The van der Waals surface area contributed by atoms with Gasteiger partial charge in [-0.05, 0) is 30.2 Å². The van der Waals surface area contributed by atoms with Crippen LogP contribution in [0.25, 0.3) is 22.1 Å². The molecule has 33 heavy (non-hydrogen) atoms. The number of aromatic amines is 1. The first kappa shape index (κ1) is 23.9. The third kappa shape index (κ3) is 7.14. The molecule has 172 valence electrons. The lowest BCUT2D eigenvalue weighted by Crippen LogP contribution is -2.12. The molecular weight excluding hydrogens is 427 g/mol. The number of carboxylic acid groups (broad SMARTS) is 1. The molecule has 0 spiro atoms. The van der Waals surface area contributed by atoms with E-state index in [0.717, 1.165) is 34.6 Å². The molecule has 1 aromatic carbocycles. The van der Waals surface area contributed by atoms with Crippen LogP contribution in [0.15, 0.2) is 48.8 Å². The van der Waals surface area contributed by atoms with Gasteiger partial charge < -0.3 is 24.1 Å². The first-order chi connectivity index (χ1) is 16.1. The number of fused-ring (bicyclic) bond motifs is 2. The van der Waals surface area contributed by atoms with E-state index >= 15 is 0 Å². The number of benzene rings is 1. The number of rotatable bonds is 8. The maximum atomic E-state index is 12.0. The number of halogens is 1. The fourth-order valence-corrected chi connectivity index (χ4v) is 3.07. The van der Waals surface area contributed by atoms with E-state index in [1.165, 1.54) is 0 Å². The Labute approximate surface area is 190 Å². The summed E-state index contributed by atoms with van der Waals surface area (Å²) in [5.74, 6) is 6.18. The molecule has 0 amide bonds. The quantitative estimate of drug-likeness (QED) is 0.314. The van der Waals surface area contributed by atoms with E-state index < -0.39 is 12.6 Å². The number of imidazole rings is 1. The Kier molecular flexibility index (Phi) is 8.94. The summed E-state index contributed by atoms with van der Waals surface area (Å²) in [7, 11) is 0. The Morgan fingerprint density at radius 3 is 2.70 bits per heavy atom. The fraction of sp³-hybridized carbons (Fsp3) is 0.292. The number of carboxylic acids is 1. The minimum absolute atomic E-state index is 0.110. The highest BCUT2D eigenvalue weighted by Gasteiger charge is 2.08. The van der Waals surface area contributed by atoms with Crippen molar-refractivity contribution >= 4 is 28.0 Å². The topological polar surface area (TPSA) is 102 Å². The fourth-order valence-electron chi connectivity index (χ4n) is 3.07. The van der Waals surface area contributed by atoms with Crippen molar-refractivity contribution in [2.24, 2.45) is 0 Å². The van der Waals surface area contributed by atoms with E-state index in [0.29, 0.717) is 32.2 Å². The van der Waals surface area contributed by atoms with Crippen molar-refractivity contribution in [3.63, 3.8) is 0 Å². The van der Waals surface area contributed by atoms with Gasteiger partial charge in [-0.15, -0.1) is 0 Å². The number of hydrogen-bond donors (Lipinski definition) is 2. The van der Waals surface area contributed by atoms with Gasteiger partial charge in [0, 0.05) is 36.8 Å². The van der Waals surface area contributed by atoms with Crippen LogP contribution in [0.4, 0.5) is 4.39 Å². The maximum absolute atomic E-state index is 12.0. The number of H-pyrrole nitrogens is 1. The van der Waals surface area contributed by atoms with Crippen molar-refractivity contribution in [1.82, 2.24) is 19.5 Å². The second kappa shape index (κ2) is 12.3. The Morgan fingerprint density at radius 1 is 1.15 bits per heavy atom. The van der Waals surface area contributed by atoms with Gasteiger partial charge in [-0.25, -0.2) is 14.4 Å². The second-order valence-electron chi connectivity index (χ2n) is 6.90. The van der Waals surface area contributed by atoms with Gasteiger partial charge in [0.15, 0.2) is 5.82 Å². The lowest BCUT2D eigenvalue weighted by molar-refractivity contribution is -0.134. The molecule has 0 saturated carbocycles. The zero-order valence-electron chi connectivity index (χ0n) is 18.3. The number of aromatic nitrogens is 4. The van der Waals surface area contributed by atoms with Crippen LogP contribution >= 0.6 is 0 Å². The summed E-state index contributed by atoms with van der Waals surface area (Å²) in [6, 6.07) is 11.9. The third-order valence-corrected chi connectivity index (χ3v) is 4.43. The van der Waals surface area contributed by atoms with Crippen LogP contribution in [0.1, 0.15) is 18.3 Å². The first-order valence-corrected chi connectivity index (χ1v) is 10.4. The summed E-state index contributed by atoms with van der Waals surface area (Å²) >= 11 is 0. The Morgan fingerprint density at radius 2 is 1.91 bits per heavy atom. The minimum Gasteiger partial charge on any atom is -0.481 e. The first-order valence-electron chi connectivity index (χ1n) is 10.4. The Hall–Kier alpha value is -3.74. The molecule has 3 heterocycles. The highest BCUT2D eigenvalue weighted by atomic mass is 19.1. The van der Waals surface area contributed by atoms with Gasteiger partial charge in [-0.1, -0.05) is 18.1 Å². The van der Waals surface area contributed by atoms with Gasteiger partial charge in [0.1, 0.15) is 12.3 Å². The molecule has 0 aliphatic rings. The number of ether oxygens (including phenoxy) is 2. The van der Waals surface area contributed by atoms with Crippen molar-refractivity contribution in [2.45, 2.75) is 13.5 Å². The third-order valence-electron chi connectivity index (χ3n) is 4.43. The van der Waals surface area contributed by atoms with E-state index in [1.807, 2.05) is 47.2 Å². The molecule has 0 atom stereocenters. The molecule has 0 bridgehead atoms. The molecular formula is C24H25FN4O4. The van der Waals surface area contributed by atoms with Crippen molar-refractivity contribution in [2.75, 3.05) is 33.1 Å². The predicted molar refractivity (Wildman–Crippen MR) is 123 cm³/mol. The van der Waals surface area contributed by atoms with Gasteiger partial charge in [-0.3, -0.25) is 4.79 Å². The van der Waals surface area contributed by atoms with E-state index in [4.69, 9.17) is 19.4 Å². The van der Waals surface area contributed by atoms with Crippen LogP contribution in [0.2, 0.25) is 0 Å². The van der Waals surface area contributed by atoms with E-state index in [2.05, 4.69) is 26.8 Å². The molecule has 2 N–H and O–H groups in total. The average Bonchev–Trinajstić information content (AvgIpc) is 3.40. The van der Waals surface area contributed by atoms with Crippen LogP contribution in [0, 0.1) is 11.8 Å². The van der Waals surface area contributed by atoms with Crippen LogP contribution < -0.4 is 0 Å². The molecule has 4 aromatic rings. The molecule has 0 aliphatic carbocycles. The highest BCUT2D eigenvalue weighted by molar-refractivity contribution is 5.78. The van der Waals surface area contributed by atoms with Gasteiger partial charge in [-0.2, -0.15) is 0 Å². The number of hydrogen-bond acceptors (Lipinski definition) is 5. The molecule has 4 rings (SSSR count). The largest absolute Gasteiger partial charge is 0.481 e. The summed E-state index contributed by atoms with van der Waals surface area (Å²) in [5.41, 5.74) is 3.57. The molecule has 0 radical (unpaired) electrons. The summed E-state index contributed by atoms with van der Waals surface area (Å²) in [5, 5.41) is 8.44. The lowest BCUT2D eigenvalue weighted by Gasteiger charge is -2.07. The zero-order valence-corrected chi connectivity index (χ0v) is 18.3. The van der Waals surface area contributed by atoms with Gasteiger partial charge in [0.25, 0.3) is 5.97 Å². The molecule has 0 unspecified atom stereocenters. The number of nitrogens with one attached hydrogen (secondary N) is 1. The minimum atomic E-state index is -0.833. The number of carbonyl (C=O) groups is 1. The molecule has 0 fully saturated rings. The van der Waals surface area contributed by atoms with E-state index in [9.17, 15) is 4.39 Å². The van der Waals surface area contributed by atoms with Crippen LogP contribution in [0.3, 0.4) is 0 Å². The van der Waals surface area contributed by atoms with Crippen molar-refractivity contribution in [3.8, 4) is 11.8 Å². The second-order valence-corrected chi connectivity index (χ2v) is 6.90. The summed E-state index contributed by atoms with van der Waals surface area (Å²) in [6.07, 6.45) is 3.61. The number of alkyl halides is 1. The van der Waals surface area contributed by atoms with E-state index in [1.54, 1.807) is 6.20 Å². The SMILES string of the molecule is CC(=O)O.FCCOCCOCCn1c(C#Cc2cnc3[nH]ccc3c2)nc2ccccc21. The van der Waals surface area contributed by atoms with Gasteiger partial charge in [0.2, 0.25) is 0 Å². The summed E-state index contributed by atoms with van der Waals surface area (Å²) in [6.45, 7) is 2.63. The molecule has 3 aromatic heterocycles. The molecule has 8 nitrogen and oxygen atoms in total. The van der Waals surface area contributed by atoms with Gasteiger partial charge in [0.05, 0.1) is 37.5 Å². The zero-order chi connectivity index (χ0) is 23.5. The van der Waals surface area contributed by atoms with Crippen LogP contribution in [0.5, 0.6) is 0 Å². The maximum Gasteiger partial charge on any atom is 0.300 e. The lowest BCUT2D eigenvalue weighted by atomic mass is 10.2.